The molecule has 1 atom stereocenters. The summed E-state index contributed by atoms with van der Waals surface area (Å²) in [6.07, 6.45) is 4.83. The first-order valence-corrected chi connectivity index (χ1v) is 7.10. The molecule has 18 heavy (non-hydrogen) atoms. The zero-order valence-corrected chi connectivity index (χ0v) is 10.5. The van der Waals surface area contributed by atoms with E-state index in [1.165, 1.54) is 17.1 Å². The normalized spacial score (nSPS) is 21.7. The van der Waals surface area contributed by atoms with Crippen molar-refractivity contribution in [2.45, 2.75) is 25.3 Å². The Balaban J connectivity index is 2.19. The maximum Gasteiger partial charge on any atom is 0.322 e. The Morgan fingerprint density at radius 2 is 1.94 bits per heavy atom. The van der Waals surface area contributed by atoms with Gasteiger partial charge in [-0.05, 0) is 31.4 Å². The monoisotopic (exact) mass is 273 g/mol. The van der Waals surface area contributed by atoms with Gasteiger partial charge in [-0.2, -0.15) is 12.7 Å². The van der Waals surface area contributed by atoms with Gasteiger partial charge in [0.2, 0.25) is 0 Å². The van der Waals surface area contributed by atoms with Crippen LogP contribution in [0.3, 0.4) is 0 Å². The number of carbonyl (C=O) groups is 1. The van der Waals surface area contributed by atoms with Crippen LogP contribution in [0.2, 0.25) is 0 Å². The molecule has 0 radical (unpaired) electrons. The van der Waals surface area contributed by atoms with Crippen LogP contribution in [0.25, 0.3) is 0 Å². The predicted octanol–water partition coefficient (Wildman–Crippen LogP) is 0.216. The van der Waals surface area contributed by atoms with E-state index in [0.29, 0.717) is 12.8 Å². The van der Waals surface area contributed by atoms with Crippen LogP contribution in [0.1, 0.15) is 19.3 Å². The van der Waals surface area contributed by atoms with Gasteiger partial charge in [-0.3, -0.25) is 9.47 Å². The van der Waals surface area contributed by atoms with Gasteiger partial charge >= 0.3 is 16.2 Å². The lowest BCUT2D eigenvalue weighted by Crippen LogP contribution is -2.51. The van der Waals surface area contributed by atoms with Crippen LogP contribution in [0.5, 0.6) is 0 Å². The molecule has 2 rings (SSSR count). The number of carboxylic acids is 1. The minimum absolute atomic E-state index is 0.230. The molecule has 2 heterocycles. The van der Waals surface area contributed by atoms with Crippen molar-refractivity contribution in [1.29, 1.82) is 0 Å². The van der Waals surface area contributed by atoms with E-state index in [1.54, 1.807) is 12.1 Å². The Morgan fingerprint density at radius 1 is 1.28 bits per heavy atom. The summed E-state index contributed by atoms with van der Waals surface area (Å²) in [5.41, 5.74) is 0. The third-order valence-corrected chi connectivity index (χ3v) is 4.37. The Morgan fingerprint density at radius 3 is 2.56 bits per heavy atom. The lowest BCUT2D eigenvalue weighted by atomic mass is 10.1. The lowest BCUT2D eigenvalue weighted by Gasteiger charge is -2.31. The maximum atomic E-state index is 12.1. The largest absolute Gasteiger partial charge is 0.480 e. The molecule has 7 nitrogen and oxygen atoms in total. The average molecular weight is 273 g/mol. The fourth-order valence-electron chi connectivity index (χ4n) is 2.02. The third kappa shape index (κ3) is 2.65. The Labute approximate surface area is 105 Å². The molecular weight excluding hydrogens is 258 g/mol. The molecule has 1 aliphatic rings. The van der Waals surface area contributed by atoms with E-state index in [1.807, 2.05) is 0 Å². The van der Waals surface area contributed by atoms with Crippen molar-refractivity contribution in [1.82, 2.24) is 8.98 Å². The van der Waals surface area contributed by atoms with Crippen molar-refractivity contribution in [3.8, 4) is 0 Å². The molecule has 8 heteroatoms. The number of hydrogen-bond acceptors (Lipinski definition) is 3. The number of rotatable bonds is 4. The van der Waals surface area contributed by atoms with Crippen LogP contribution in [0, 0.1) is 0 Å². The van der Waals surface area contributed by atoms with Gasteiger partial charge in [-0.25, -0.2) is 4.83 Å². The number of aliphatic carboxylic acids is 1. The highest BCUT2D eigenvalue weighted by Gasteiger charge is 2.36. The number of piperidine rings is 1. The van der Waals surface area contributed by atoms with Crippen molar-refractivity contribution in [3.05, 3.63) is 24.5 Å². The summed E-state index contributed by atoms with van der Waals surface area (Å²) in [5.74, 6) is -1.10. The summed E-state index contributed by atoms with van der Waals surface area (Å²) in [6, 6.07) is 2.37. The highest BCUT2D eigenvalue weighted by Crippen LogP contribution is 2.20. The molecule has 0 bridgehead atoms. The predicted molar refractivity (Wildman–Crippen MR) is 64.7 cm³/mol. The summed E-state index contributed by atoms with van der Waals surface area (Å²) in [5, 5.41) is 9.06. The van der Waals surface area contributed by atoms with Crippen LogP contribution in [0.4, 0.5) is 0 Å². The summed E-state index contributed by atoms with van der Waals surface area (Å²) >= 11 is 0. The van der Waals surface area contributed by atoms with Crippen LogP contribution in [-0.4, -0.2) is 41.1 Å². The number of hydrogen-bond donors (Lipinski definition) is 2. The molecule has 1 aromatic heterocycles. The van der Waals surface area contributed by atoms with Crippen LogP contribution in [0.15, 0.2) is 24.5 Å². The smallest absolute Gasteiger partial charge is 0.322 e. The molecule has 0 saturated carbocycles. The van der Waals surface area contributed by atoms with Crippen molar-refractivity contribution in [3.63, 3.8) is 0 Å². The number of aromatic nitrogens is 1. The Bertz CT molecular complexity index is 511. The molecule has 100 valence electrons. The van der Waals surface area contributed by atoms with E-state index < -0.39 is 22.2 Å². The molecule has 0 amide bonds. The first-order chi connectivity index (χ1) is 8.50. The molecule has 1 unspecified atom stereocenters. The highest BCUT2D eigenvalue weighted by molar-refractivity contribution is 7.90. The van der Waals surface area contributed by atoms with E-state index in [0.717, 1.165) is 10.7 Å². The Hall–Kier alpha value is -1.54. The molecule has 1 aromatic rings. The molecule has 0 spiro atoms. The molecule has 1 saturated heterocycles. The first kappa shape index (κ1) is 12.9. The van der Waals surface area contributed by atoms with E-state index in [4.69, 9.17) is 5.11 Å². The van der Waals surface area contributed by atoms with E-state index in [2.05, 4.69) is 4.83 Å². The zero-order valence-electron chi connectivity index (χ0n) is 9.69. The van der Waals surface area contributed by atoms with Crippen LogP contribution < -0.4 is 4.83 Å². The highest BCUT2D eigenvalue weighted by atomic mass is 32.2. The van der Waals surface area contributed by atoms with E-state index in [9.17, 15) is 13.2 Å². The minimum atomic E-state index is -3.84. The van der Waals surface area contributed by atoms with E-state index >= 15 is 0 Å². The fourth-order valence-corrected chi connectivity index (χ4v) is 3.41. The van der Waals surface area contributed by atoms with Crippen LogP contribution >= 0.6 is 0 Å². The van der Waals surface area contributed by atoms with Crippen molar-refractivity contribution < 1.29 is 18.3 Å². The van der Waals surface area contributed by atoms with Gasteiger partial charge in [-0.15, -0.1) is 0 Å². The topological polar surface area (TPSA) is 91.6 Å². The van der Waals surface area contributed by atoms with Crippen molar-refractivity contribution in [2.24, 2.45) is 0 Å². The maximum absolute atomic E-state index is 12.1. The van der Waals surface area contributed by atoms with Gasteiger partial charge in [0.15, 0.2) is 0 Å². The van der Waals surface area contributed by atoms with E-state index in [-0.39, 0.29) is 6.54 Å². The van der Waals surface area contributed by atoms with Gasteiger partial charge < -0.3 is 5.11 Å². The van der Waals surface area contributed by atoms with Gasteiger partial charge in [-0.1, -0.05) is 0 Å². The van der Waals surface area contributed by atoms with Gasteiger partial charge in [0.1, 0.15) is 6.04 Å². The molecule has 1 aliphatic heterocycles. The number of nitrogens with one attached hydrogen (secondary N) is 1. The SMILES string of the molecule is O=C(O)C1CCCCN1S(=O)(=O)Nn1cccc1. The van der Waals surface area contributed by atoms with Crippen molar-refractivity contribution >= 4 is 16.2 Å². The minimum Gasteiger partial charge on any atom is -0.480 e. The molecule has 1 fully saturated rings. The lowest BCUT2D eigenvalue weighted by molar-refractivity contribution is -0.142. The second-order valence-electron chi connectivity index (χ2n) is 4.15. The average Bonchev–Trinajstić information content (AvgIpc) is 2.81. The second-order valence-corrected chi connectivity index (χ2v) is 5.75. The first-order valence-electron chi connectivity index (χ1n) is 5.66. The summed E-state index contributed by atoms with van der Waals surface area (Å²) in [4.78, 5) is 13.4. The zero-order chi connectivity index (χ0) is 13.2. The summed E-state index contributed by atoms with van der Waals surface area (Å²) in [6.45, 7) is 0.230. The third-order valence-electron chi connectivity index (χ3n) is 2.87. The van der Waals surface area contributed by atoms with Gasteiger partial charge in [0, 0.05) is 18.9 Å². The van der Waals surface area contributed by atoms with Crippen molar-refractivity contribution in [2.75, 3.05) is 11.4 Å². The van der Waals surface area contributed by atoms with Crippen LogP contribution in [-0.2, 0) is 15.0 Å². The molecule has 0 aliphatic carbocycles. The quantitative estimate of drug-likeness (QED) is 0.820. The number of nitrogens with zero attached hydrogens (tertiary/aromatic N) is 2. The standard InChI is InChI=1S/C10H15N3O4S/c14-10(15)9-5-1-2-8-13(9)18(16,17)11-12-6-3-4-7-12/h3-4,6-7,9,11H,1-2,5,8H2,(H,14,15). The fraction of sp³-hybridized carbons (Fsp3) is 0.500. The summed E-state index contributed by atoms with van der Waals surface area (Å²) < 4.78 is 26.5. The number of carboxylic acid groups (broad SMARTS) is 1. The summed E-state index contributed by atoms with van der Waals surface area (Å²) in [7, 11) is -3.84. The molecular formula is C10H15N3O4S. The molecule has 0 aromatic carbocycles. The Kier molecular flexibility index (Phi) is 3.58. The van der Waals surface area contributed by atoms with Gasteiger partial charge in [0.25, 0.3) is 0 Å². The van der Waals surface area contributed by atoms with Gasteiger partial charge in [0.05, 0.1) is 0 Å². The molecule has 2 N–H and O–H groups in total. The second kappa shape index (κ2) is 4.99.